The molecule has 0 aliphatic rings. The molecule has 10 heteroatoms. The van der Waals surface area contributed by atoms with E-state index in [-0.39, 0.29) is 10.7 Å². The van der Waals surface area contributed by atoms with Crippen molar-refractivity contribution in [2.75, 3.05) is 13.2 Å². The van der Waals surface area contributed by atoms with Gasteiger partial charge in [-0.2, -0.15) is 0 Å². The molecule has 0 unspecified atom stereocenters. The Morgan fingerprint density at radius 2 is 1.71 bits per heavy atom. The van der Waals surface area contributed by atoms with Crippen molar-refractivity contribution in [1.29, 1.82) is 0 Å². The van der Waals surface area contributed by atoms with Crippen LogP contribution in [0.5, 0.6) is 5.75 Å². The molecule has 0 saturated heterocycles. The quantitative estimate of drug-likeness (QED) is 0.0614. The minimum absolute atomic E-state index is 0.0865. The summed E-state index contributed by atoms with van der Waals surface area (Å²) in [7, 11) is 0. The molecule has 2 aromatic carbocycles. The highest BCUT2D eigenvalue weighted by molar-refractivity contribution is 7.23. The van der Waals surface area contributed by atoms with E-state index in [0.717, 1.165) is 76.6 Å². The summed E-state index contributed by atoms with van der Waals surface area (Å²) in [5.74, 6) is 1.67. The largest absolute Gasteiger partial charge is 0.494 e. The van der Waals surface area contributed by atoms with Gasteiger partial charge in [-0.15, -0.1) is 0 Å². The topological polar surface area (TPSA) is 96.7 Å². The highest BCUT2D eigenvalue weighted by Crippen LogP contribution is 2.35. The molecule has 0 bridgehead atoms. The lowest BCUT2D eigenvalue weighted by Gasteiger charge is -2.08. The number of imidazole rings is 2. The fraction of sp³-hybridized carbons (Fsp3) is 0.438. The molecule has 0 saturated carbocycles. The van der Waals surface area contributed by atoms with Gasteiger partial charge in [0.2, 0.25) is 0 Å². The van der Waals surface area contributed by atoms with Crippen molar-refractivity contribution in [1.82, 2.24) is 18.9 Å². The zero-order valence-corrected chi connectivity index (χ0v) is 25.3. The highest BCUT2D eigenvalue weighted by Gasteiger charge is 2.19. The van der Waals surface area contributed by atoms with E-state index in [9.17, 15) is 10.1 Å². The first-order chi connectivity index (χ1) is 20.6. The second-order valence-electron chi connectivity index (χ2n) is 10.5. The average Bonchev–Trinajstić information content (AvgIpc) is 3.65. The van der Waals surface area contributed by atoms with E-state index in [1.807, 2.05) is 38.1 Å². The number of aryl methyl sites for hydroxylation is 1. The lowest BCUT2D eigenvalue weighted by Crippen LogP contribution is -2.05. The number of benzene rings is 2. The smallest absolute Gasteiger partial charge is 0.342 e. The minimum Gasteiger partial charge on any atom is -0.494 e. The Balaban J connectivity index is 1.07. The normalized spacial score (nSPS) is 11.6. The van der Waals surface area contributed by atoms with E-state index >= 15 is 0 Å². The minimum atomic E-state index is -0.356. The van der Waals surface area contributed by atoms with E-state index in [1.54, 1.807) is 15.9 Å². The highest BCUT2D eigenvalue weighted by atomic mass is 32.1. The van der Waals surface area contributed by atoms with Gasteiger partial charge < -0.3 is 19.6 Å². The summed E-state index contributed by atoms with van der Waals surface area (Å²) in [5.41, 5.74) is 4.30. The van der Waals surface area contributed by atoms with Crippen LogP contribution >= 0.6 is 11.3 Å². The predicted octanol–water partition coefficient (Wildman–Crippen LogP) is 8.37. The van der Waals surface area contributed by atoms with E-state index in [4.69, 9.17) is 14.5 Å². The lowest BCUT2D eigenvalue weighted by molar-refractivity contribution is -0.392. The van der Waals surface area contributed by atoms with Crippen LogP contribution in [-0.2, 0) is 17.9 Å². The number of aromatic nitrogens is 4. The van der Waals surface area contributed by atoms with Gasteiger partial charge in [-0.3, -0.25) is 4.40 Å². The zero-order chi connectivity index (χ0) is 29.3. The molecule has 3 heterocycles. The van der Waals surface area contributed by atoms with Gasteiger partial charge in [-0.1, -0.05) is 73.8 Å². The van der Waals surface area contributed by atoms with Crippen LogP contribution in [0.15, 0.2) is 54.7 Å². The van der Waals surface area contributed by atoms with Crippen LogP contribution in [0, 0.1) is 17.0 Å². The SMILES string of the molecule is CCOc1ccc2c(c1)sc1nc(-c3ccccc3)c(COCCCCCCCCCCn3c([N+](=O)[O-])cnc3C)n12. The molecule has 0 aliphatic heterocycles. The van der Waals surface area contributed by atoms with E-state index in [2.05, 4.69) is 33.7 Å². The Hall–Kier alpha value is -3.76. The average molecular weight is 590 g/mol. The van der Waals surface area contributed by atoms with Crippen molar-refractivity contribution in [2.24, 2.45) is 0 Å². The number of fused-ring (bicyclic) bond motifs is 3. The maximum absolute atomic E-state index is 11.1. The Bertz CT molecular complexity index is 1610. The third kappa shape index (κ3) is 6.99. The van der Waals surface area contributed by atoms with Gasteiger partial charge in [0, 0.05) is 19.1 Å². The molecular formula is C32H39N5O4S. The molecule has 3 aromatic heterocycles. The summed E-state index contributed by atoms with van der Waals surface area (Å²) in [4.78, 5) is 20.8. The summed E-state index contributed by atoms with van der Waals surface area (Å²) in [6, 6.07) is 16.6. The molecule has 0 spiro atoms. The molecule has 9 nitrogen and oxygen atoms in total. The fourth-order valence-electron chi connectivity index (χ4n) is 5.41. The number of nitrogens with zero attached hydrogens (tertiary/aromatic N) is 5. The number of nitro groups is 1. The van der Waals surface area contributed by atoms with Crippen molar-refractivity contribution < 1.29 is 14.4 Å². The molecule has 0 fully saturated rings. The number of hydrogen-bond donors (Lipinski definition) is 0. The summed E-state index contributed by atoms with van der Waals surface area (Å²) in [6.45, 7) is 6.35. The van der Waals surface area contributed by atoms with Crippen molar-refractivity contribution in [3.8, 4) is 17.0 Å². The maximum atomic E-state index is 11.1. The molecule has 0 radical (unpaired) electrons. The van der Waals surface area contributed by atoms with E-state index < -0.39 is 0 Å². The van der Waals surface area contributed by atoms with Gasteiger partial charge in [0.05, 0.1) is 41.4 Å². The number of hydrogen-bond acceptors (Lipinski definition) is 7. The van der Waals surface area contributed by atoms with Crippen LogP contribution in [0.1, 0.15) is 69.8 Å². The molecule has 0 atom stereocenters. The van der Waals surface area contributed by atoms with Gasteiger partial charge in [0.15, 0.2) is 10.8 Å². The first-order valence-electron chi connectivity index (χ1n) is 14.9. The van der Waals surface area contributed by atoms with Gasteiger partial charge in [0.25, 0.3) is 0 Å². The molecule has 222 valence electrons. The molecule has 42 heavy (non-hydrogen) atoms. The van der Waals surface area contributed by atoms with Gasteiger partial charge >= 0.3 is 5.82 Å². The lowest BCUT2D eigenvalue weighted by atomic mass is 10.1. The van der Waals surface area contributed by atoms with Gasteiger partial charge in [-0.05, 0) is 49.3 Å². The zero-order valence-electron chi connectivity index (χ0n) is 24.5. The summed E-state index contributed by atoms with van der Waals surface area (Å²) in [5, 5.41) is 11.1. The Morgan fingerprint density at radius 3 is 2.45 bits per heavy atom. The first kappa shape index (κ1) is 29.7. The predicted molar refractivity (Wildman–Crippen MR) is 167 cm³/mol. The van der Waals surface area contributed by atoms with Crippen LogP contribution < -0.4 is 4.74 Å². The van der Waals surface area contributed by atoms with Crippen LogP contribution in [0.2, 0.25) is 0 Å². The molecule has 0 N–H and O–H groups in total. The summed E-state index contributed by atoms with van der Waals surface area (Å²) < 4.78 is 17.0. The van der Waals surface area contributed by atoms with Crippen molar-refractivity contribution in [3.63, 3.8) is 0 Å². The number of rotatable bonds is 17. The second kappa shape index (κ2) is 14.4. The van der Waals surface area contributed by atoms with Crippen LogP contribution in [0.3, 0.4) is 0 Å². The van der Waals surface area contributed by atoms with Crippen LogP contribution in [-0.4, -0.2) is 37.1 Å². The fourth-order valence-corrected chi connectivity index (χ4v) is 6.48. The first-order valence-corrected chi connectivity index (χ1v) is 15.7. The van der Waals surface area contributed by atoms with E-state index in [0.29, 0.717) is 25.6 Å². The number of ether oxygens (including phenoxy) is 2. The molecule has 5 rings (SSSR count). The van der Waals surface area contributed by atoms with Crippen molar-refractivity contribution in [3.05, 3.63) is 76.4 Å². The molecule has 0 aliphatic carbocycles. The number of thiazole rings is 1. The van der Waals surface area contributed by atoms with Crippen molar-refractivity contribution in [2.45, 2.75) is 78.4 Å². The van der Waals surface area contributed by atoms with E-state index in [1.165, 1.54) is 25.5 Å². The molecule has 0 amide bonds. The third-order valence-electron chi connectivity index (χ3n) is 7.55. The molecule has 5 aromatic rings. The van der Waals surface area contributed by atoms with Gasteiger partial charge in [-0.25, -0.2) is 14.5 Å². The van der Waals surface area contributed by atoms with Gasteiger partial charge in [0.1, 0.15) is 11.9 Å². The second-order valence-corrected chi connectivity index (χ2v) is 11.5. The third-order valence-corrected chi connectivity index (χ3v) is 8.56. The van der Waals surface area contributed by atoms with Crippen molar-refractivity contribution >= 4 is 32.3 Å². The Labute approximate surface area is 250 Å². The Kier molecular flexibility index (Phi) is 10.2. The number of unbranched alkanes of at least 4 members (excludes halogenated alkanes) is 7. The Morgan fingerprint density at radius 1 is 0.976 bits per heavy atom. The summed E-state index contributed by atoms with van der Waals surface area (Å²) >= 11 is 1.68. The standard InChI is InChI=1S/C32H39N5O4S/c1-3-41-26-17-18-27-29(21-26)42-32-34-31(25-15-11-10-12-16-25)28(36(27)32)23-40-20-14-9-7-5-4-6-8-13-19-35-24(2)33-22-30(35)37(38)39/h10-12,15-18,21-22H,3-9,13-14,19-20,23H2,1-2H3. The summed E-state index contributed by atoms with van der Waals surface area (Å²) in [6.07, 6.45) is 10.3. The monoisotopic (exact) mass is 589 g/mol. The maximum Gasteiger partial charge on any atom is 0.342 e. The van der Waals surface area contributed by atoms with Crippen LogP contribution in [0.25, 0.3) is 26.4 Å². The van der Waals surface area contributed by atoms with Crippen LogP contribution in [0.4, 0.5) is 5.82 Å². The molecular weight excluding hydrogens is 550 g/mol.